The lowest BCUT2D eigenvalue weighted by Crippen LogP contribution is -2.61. The molecule has 1 aliphatic carbocycles. The van der Waals surface area contributed by atoms with Crippen LogP contribution in [-0.4, -0.2) is 6.71 Å². The smallest absolute Gasteiger partial charge is 0.252 e. The molecule has 0 saturated carbocycles. The van der Waals surface area contributed by atoms with E-state index in [1.807, 2.05) is 0 Å². The van der Waals surface area contributed by atoms with E-state index in [0.717, 1.165) is 22.7 Å². The molecule has 0 bridgehead atoms. The molecule has 0 N–H and O–H groups in total. The lowest BCUT2D eigenvalue weighted by atomic mass is 9.33. The lowest BCUT2D eigenvalue weighted by molar-refractivity contribution is 0.590. The highest BCUT2D eigenvalue weighted by Gasteiger charge is 2.46. The first-order valence-corrected chi connectivity index (χ1v) is 30.0. The van der Waals surface area contributed by atoms with Crippen LogP contribution < -0.4 is 31.1 Å². The van der Waals surface area contributed by atoms with Crippen molar-refractivity contribution in [2.75, 3.05) is 14.7 Å². The quantitative estimate of drug-likeness (QED) is 0.147. The largest absolute Gasteiger partial charge is 0.311 e. The van der Waals surface area contributed by atoms with Gasteiger partial charge < -0.3 is 14.7 Å². The van der Waals surface area contributed by atoms with Crippen LogP contribution in [-0.2, 0) is 27.1 Å². The molecule has 10 aromatic carbocycles. The van der Waals surface area contributed by atoms with Gasteiger partial charge in [-0.05, 0) is 173 Å². The Hall–Kier alpha value is -8.34. The van der Waals surface area contributed by atoms with Crippen molar-refractivity contribution in [1.29, 1.82) is 0 Å². The third kappa shape index (κ3) is 9.12. The molecule has 10 aromatic rings. The van der Waals surface area contributed by atoms with Crippen LogP contribution in [0.4, 0.5) is 51.2 Å². The monoisotopic (exact) mass is 1080 g/mol. The zero-order chi connectivity index (χ0) is 58.1. The first-order chi connectivity index (χ1) is 39.5. The molecule has 0 saturated heterocycles. The fraction of sp³-hybridized carbons (Fsp3) is 0.241. The van der Waals surface area contributed by atoms with Gasteiger partial charge >= 0.3 is 0 Å². The summed E-state index contributed by atoms with van der Waals surface area (Å²) in [6.07, 6.45) is 0. The van der Waals surface area contributed by atoms with Gasteiger partial charge in [-0.25, -0.2) is 0 Å². The second kappa shape index (κ2) is 19.4. The van der Waals surface area contributed by atoms with Gasteiger partial charge in [0.2, 0.25) is 0 Å². The van der Waals surface area contributed by atoms with Crippen LogP contribution in [0.2, 0.25) is 0 Å². The molecule has 83 heavy (non-hydrogen) atoms. The van der Waals surface area contributed by atoms with E-state index in [9.17, 15) is 0 Å². The molecule has 3 nitrogen and oxygen atoms in total. The van der Waals surface area contributed by atoms with E-state index in [4.69, 9.17) is 0 Å². The zero-order valence-corrected chi connectivity index (χ0v) is 51.2. The van der Waals surface area contributed by atoms with Gasteiger partial charge in [-0.3, -0.25) is 0 Å². The Labute approximate surface area is 495 Å². The lowest BCUT2D eigenvalue weighted by Gasteiger charge is -2.46. The molecule has 412 valence electrons. The summed E-state index contributed by atoms with van der Waals surface area (Å²) in [7, 11) is 0. The van der Waals surface area contributed by atoms with Crippen molar-refractivity contribution in [3.8, 4) is 33.4 Å². The SMILES string of the molecule is CC(C)(C)c1ccc2c(c1)B1c3ccc(N(c4ccccc4)c4ccc(C(C)(C)C)cc4-c4ccccc4)cc3N(c3ccc4c(c3)C(C)(C)c3ccccc3-4)c3cc(C(C)(C)C)cc(c31)N2c1ccc(C(C)(C)C)cc1-c1ccccc1. The Morgan fingerprint density at radius 3 is 1.48 bits per heavy atom. The summed E-state index contributed by atoms with van der Waals surface area (Å²) < 4.78 is 0. The highest BCUT2D eigenvalue weighted by Crippen LogP contribution is 2.54. The Morgan fingerprint density at radius 1 is 0.337 bits per heavy atom. The molecule has 0 spiro atoms. The number of benzene rings is 10. The minimum Gasteiger partial charge on any atom is -0.311 e. The third-order valence-electron chi connectivity index (χ3n) is 18.3. The van der Waals surface area contributed by atoms with Crippen LogP contribution in [0.1, 0.15) is 130 Å². The maximum absolute atomic E-state index is 2.66. The second-order valence-corrected chi connectivity index (χ2v) is 28.3. The predicted molar refractivity (Wildman–Crippen MR) is 358 cm³/mol. The minimum atomic E-state index is -0.207. The third-order valence-corrected chi connectivity index (χ3v) is 18.3. The van der Waals surface area contributed by atoms with E-state index < -0.39 is 0 Å². The summed E-state index contributed by atoms with van der Waals surface area (Å²) >= 11 is 0. The Kier molecular flexibility index (Phi) is 12.6. The van der Waals surface area contributed by atoms with Crippen molar-refractivity contribution in [2.45, 2.75) is 124 Å². The van der Waals surface area contributed by atoms with Gasteiger partial charge in [0.25, 0.3) is 6.71 Å². The summed E-state index contributed by atoms with van der Waals surface area (Å²) in [5, 5.41) is 0. The van der Waals surface area contributed by atoms with Gasteiger partial charge in [0.1, 0.15) is 0 Å². The summed E-state index contributed by atoms with van der Waals surface area (Å²) in [6.45, 7) is 32.9. The zero-order valence-electron chi connectivity index (χ0n) is 51.2. The highest BCUT2D eigenvalue weighted by molar-refractivity contribution is 7.00. The molecule has 2 heterocycles. The maximum Gasteiger partial charge on any atom is 0.252 e. The van der Waals surface area contributed by atoms with Crippen molar-refractivity contribution < 1.29 is 0 Å². The van der Waals surface area contributed by atoms with Crippen LogP contribution >= 0.6 is 0 Å². The molecular weight excluding hydrogens is 1000 g/mol. The molecule has 0 aromatic heterocycles. The molecule has 2 aliphatic heterocycles. The van der Waals surface area contributed by atoms with E-state index in [-0.39, 0.29) is 33.8 Å². The molecular formula is C79H78BN3. The first kappa shape index (κ1) is 53.9. The fourth-order valence-electron chi connectivity index (χ4n) is 13.5. The topological polar surface area (TPSA) is 9.72 Å². The van der Waals surface area contributed by atoms with Crippen molar-refractivity contribution >= 4 is 74.3 Å². The van der Waals surface area contributed by atoms with Gasteiger partial charge in [0.05, 0.1) is 11.4 Å². The number of hydrogen-bond donors (Lipinski definition) is 0. The van der Waals surface area contributed by atoms with E-state index >= 15 is 0 Å². The molecule has 0 radical (unpaired) electrons. The molecule has 0 amide bonds. The first-order valence-electron chi connectivity index (χ1n) is 30.0. The van der Waals surface area contributed by atoms with Crippen molar-refractivity contribution in [3.05, 3.63) is 252 Å². The van der Waals surface area contributed by atoms with Gasteiger partial charge in [-0.15, -0.1) is 0 Å². The van der Waals surface area contributed by atoms with E-state index in [2.05, 4.69) is 330 Å². The Morgan fingerprint density at radius 2 is 0.855 bits per heavy atom. The number of rotatable bonds is 7. The maximum atomic E-state index is 2.66. The van der Waals surface area contributed by atoms with Gasteiger partial charge in [-0.2, -0.15) is 0 Å². The Bertz CT molecular complexity index is 4160. The molecule has 13 rings (SSSR count). The van der Waals surface area contributed by atoms with E-state index in [0.29, 0.717) is 0 Å². The predicted octanol–water partition coefficient (Wildman–Crippen LogP) is 20.1. The number of anilines is 9. The number of para-hydroxylation sites is 1. The van der Waals surface area contributed by atoms with E-state index in [1.54, 1.807) is 0 Å². The number of nitrogens with zero attached hydrogens (tertiary/aromatic N) is 3. The van der Waals surface area contributed by atoms with Crippen LogP contribution in [0.5, 0.6) is 0 Å². The van der Waals surface area contributed by atoms with Crippen molar-refractivity contribution in [1.82, 2.24) is 0 Å². The second-order valence-electron chi connectivity index (χ2n) is 28.3. The molecule has 0 atom stereocenters. The van der Waals surface area contributed by atoms with Crippen molar-refractivity contribution in [2.24, 2.45) is 0 Å². The standard InChI is InChI=1S/C79H78BN3/c1-75(2,3)53-34-41-68(62(44-53)51-26-18-15-19-27-51)81(57-30-22-17-23-31-57)59-38-40-66-71(50-59)82(58-37-39-61-60-32-24-25-33-64(60)79(13,14)65(61)49-58)72-47-56(78(10,11)12)48-73-74(72)80(66)67-46-55(77(7,8)9)36-43-70(67)83(73)69-42-35-54(76(4,5)6)45-63(69)52-28-20-16-21-29-52/h15-50H,1-14H3. The summed E-state index contributed by atoms with van der Waals surface area (Å²) in [6, 6.07) is 83.7. The number of hydrogen-bond acceptors (Lipinski definition) is 3. The van der Waals surface area contributed by atoms with E-state index in [1.165, 1.54) is 112 Å². The van der Waals surface area contributed by atoms with Gasteiger partial charge in [0, 0.05) is 56.4 Å². The minimum absolute atomic E-state index is 0.0480. The summed E-state index contributed by atoms with van der Waals surface area (Å²) in [5.41, 5.74) is 29.2. The van der Waals surface area contributed by atoms with Crippen LogP contribution in [0.15, 0.2) is 218 Å². The molecule has 0 unspecified atom stereocenters. The van der Waals surface area contributed by atoms with Crippen LogP contribution in [0.25, 0.3) is 33.4 Å². The Balaban J connectivity index is 1.14. The van der Waals surface area contributed by atoms with Gasteiger partial charge in [0.15, 0.2) is 0 Å². The van der Waals surface area contributed by atoms with Crippen LogP contribution in [0, 0.1) is 0 Å². The summed E-state index contributed by atoms with van der Waals surface area (Å²) in [5.74, 6) is 0. The molecule has 4 heteroatoms. The average Bonchev–Trinajstić information content (AvgIpc) is 2.32. The highest BCUT2D eigenvalue weighted by atomic mass is 15.2. The normalized spacial score (nSPS) is 14.2. The number of fused-ring (bicyclic) bond motifs is 7. The summed E-state index contributed by atoms with van der Waals surface area (Å²) in [4.78, 5) is 7.80. The fourth-order valence-corrected chi connectivity index (χ4v) is 13.5. The molecule has 3 aliphatic rings. The van der Waals surface area contributed by atoms with Crippen molar-refractivity contribution in [3.63, 3.8) is 0 Å². The average molecular weight is 1080 g/mol. The molecule has 0 fully saturated rings. The van der Waals surface area contributed by atoms with Crippen LogP contribution in [0.3, 0.4) is 0 Å². The van der Waals surface area contributed by atoms with Gasteiger partial charge in [-0.1, -0.05) is 236 Å².